The molecule has 0 spiro atoms. The van der Waals surface area contributed by atoms with Gasteiger partial charge in [-0.2, -0.15) is 0 Å². The first-order chi connectivity index (χ1) is 10.9. The van der Waals surface area contributed by atoms with Gasteiger partial charge in [0.2, 0.25) is 0 Å². The van der Waals surface area contributed by atoms with Crippen molar-refractivity contribution in [3.8, 4) is 0 Å². The molecule has 0 bridgehead atoms. The normalized spacial score (nSPS) is 10.8. The summed E-state index contributed by atoms with van der Waals surface area (Å²) < 4.78 is 1.42. The van der Waals surface area contributed by atoms with Crippen LogP contribution in [0, 0.1) is 0 Å². The molecule has 0 amide bonds. The first-order valence-corrected chi connectivity index (χ1v) is 9.16. The fraction of sp³-hybridized carbons (Fsp3) is 0.889. The zero-order valence-corrected chi connectivity index (χ0v) is 15.6. The van der Waals surface area contributed by atoms with Crippen molar-refractivity contribution < 1.29 is 24.3 Å². The lowest BCUT2D eigenvalue weighted by Crippen LogP contribution is -2.50. The minimum Gasteiger partial charge on any atom is -0.543 e. The monoisotopic (exact) mass is 330 g/mol. The molecule has 0 aliphatic carbocycles. The van der Waals surface area contributed by atoms with Crippen LogP contribution in [0.25, 0.3) is 0 Å². The Kier molecular flexibility index (Phi) is 16.6. The number of hydrogen-bond donors (Lipinski definition) is 0. The second kappa shape index (κ2) is 15.8. The number of quaternary nitrogens is 1. The topological polar surface area (TPSA) is 80.3 Å². The summed E-state index contributed by atoms with van der Waals surface area (Å²) >= 11 is 0. The molecule has 0 unspecified atom stereocenters. The van der Waals surface area contributed by atoms with Gasteiger partial charge < -0.3 is 24.3 Å². The Balaban J connectivity index is 0. The highest BCUT2D eigenvalue weighted by Crippen LogP contribution is 2.16. The van der Waals surface area contributed by atoms with Crippen LogP contribution in [0.4, 0.5) is 0 Å². The van der Waals surface area contributed by atoms with Gasteiger partial charge in [0.1, 0.15) is 0 Å². The van der Waals surface area contributed by atoms with Crippen molar-refractivity contribution in [1.29, 1.82) is 0 Å². The summed E-state index contributed by atoms with van der Waals surface area (Å²) in [6.07, 6.45) is 11.1. The largest absolute Gasteiger partial charge is 0.543 e. The standard InChI is InChI=1S/C16H36N.C2H2O4/c1-5-9-13-17(14-10-6-2,15-11-7-3)16-12-8-4;3-1(4)2(5)6/h5-16H2,1-4H3;(H,3,4)(H,5,6)/q+1;/p-2. The summed E-state index contributed by atoms with van der Waals surface area (Å²) in [4.78, 5) is 17.9. The molecule has 0 N–H and O–H groups in total. The van der Waals surface area contributed by atoms with Crippen molar-refractivity contribution in [2.75, 3.05) is 26.2 Å². The van der Waals surface area contributed by atoms with Gasteiger partial charge in [-0.15, -0.1) is 0 Å². The van der Waals surface area contributed by atoms with Gasteiger partial charge in [0, 0.05) is 0 Å². The fourth-order valence-electron chi connectivity index (χ4n) is 2.64. The molecule has 0 fully saturated rings. The average Bonchev–Trinajstić information content (AvgIpc) is 2.54. The van der Waals surface area contributed by atoms with Crippen LogP contribution >= 0.6 is 0 Å². The number of carbonyl (C=O) groups excluding carboxylic acids is 2. The van der Waals surface area contributed by atoms with Crippen molar-refractivity contribution in [2.24, 2.45) is 0 Å². The molecule has 0 radical (unpaired) electrons. The summed E-state index contributed by atoms with van der Waals surface area (Å²) in [5, 5.41) is 17.9. The number of aliphatic carboxylic acids is 2. The van der Waals surface area contributed by atoms with Gasteiger partial charge in [-0.3, -0.25) is 0 Å². The first-order valence-electron chi connectivity index (χ1n) is 9.16. The Morgan fingerprint density at radius 3 is 0.957 bits per heavy atom. The fourth-order valence-corrected chi connectivity index (χ4v) is 2.64. The maximum absolute atomic E-state index is 8.93. The first kappa shape index (κ1) is 24.2. The number of hydrogen-bond acceptors (Lipinski definition) is 4. The third-order valence-corrected chi connectivity index (χ3v) is 4.11. The van der Waals surface area contributed by atoms with Crippen LogP contribution in [-0.4, -0.2) is 42.6 Å². The second-order valence-electron chi connectivity index (χ2n) is 6.23. The van der Waals surface area contributed by atoms with E-state index in [0.717, 1.165) is 0 Å². The van der Waals surface area contributed by atoms with Gasteiger partial charge in [-0.05, 0) is 25.7 Å². The van der Waals surface area contributed by atoms with Crippen molar-refractivity contribution in [3.63, 3.8) is 0 Å². The van der Waals surface area contributed by atoms with Crippen LogP contribution in [-0.2, 0) is 9.59 Å². The number of carbonyl (C=O) groups is 2. The molecule has 0 aliphatic rings. The van der Waals surface area contributed by atoms with Crippen molar-refractivity contribution >= 4 is 11.9 Å². The molecule has 138 valence electrons. The van der Waals surface area contributed by atoms with E-state index in [-0.39, 0.29) is 0 Å². The van der Waals surface area contributed by atoms with Crippen molar-refractivity contribution in [3.05, 3.63) is 0 Å². The predicted molar refractivity (Wildman–Crippen MR) is 89.4 cm³/mol. The summed E-state index contributed by atoms with van der Waals surface area (Å²) in [5.41, 5.74) is 0. The third-order valence-electron chi connectivity index (χ3n) is 4.11. The molecule has 0 rings (SSSR count). The predicted octanol–water partition coefficient (Wildman–Crippen LogP) is 1.49. The summed E-state index contributed by atoms with van der Waals surface area (Å²) in [5.74, 6) is -4.37. The Morgan fingerprint density at radius 2 is 0.826 bits per heavy atom. The summed E-state index contributed by atoms with van der Waals surface area (Å²) in [7, 11) is 0. The molecule has 0 heterocycles. The van der Waals surface area contributed by atoms with Gasteiger partial charge in [-0.1, -0.05) is 53.4 Å². The molecule has 0 atom stereocenters. The number of unbranched alkanes of at least 4 members (excludes halogenated alkanes) is 4. The minimum absolute atomic E-state index is 1.35. The van der Waals surface area contributed by atoms with E-state index >= 15 is 0 Å². The Labute approximate surface area is 142 Å². The van der Waals surface area contributed by atoms with Crippen molar-refractivity contribution in [2.45, 2.75) is 79.1 Å². The van der Waals surface area contributed by atoms with E-state index in [1.165, 1.54) is 82.0 Å². The lowest BCUT2D eigenvalue weighted by Gasteiger charge is -2.39. The Bertz CT molecular complexity index is 256. The van der Waals surface area contributed by atoms with Crippen LogP contribution in [0.2, 0.25) is 0 Å². The number of rotatable bonds is 12. The van der Waals surface area contributed by atoms with Crippen molar-refractivity contribution in [1.82, 2.24) is 0 Å². The smallest absolute Gasteiger partial charge is 0.0870 e. The maximum atomic E-state index is 8.93. The zero-order valence-electron chi connectivity index (χ0n) is 15.6. The number of nitrogens with zero attached hydrogens (tertiary/aromatic N) is 1. The molecule has 5 heteroatoms. The van der Waals surface area contributed by atoms with Gasteiger partial charge in [0.05, 0.1) is 38.1 Å². The molecular formula is C18H36NO4-. The molecule has 0 saturated heterocycles. The van der Waals surface area contributed by atoms with Crippen LogP contribution in [0.1, 0.15) is 79.1 Å². The molecule has 0 aliphatic heterocycles. The van der Waals surface area contributed by atoms with Gasteiger partial charge in [0.15, 0.2) is 0 Å². The molecule has 5 nitrogen and oxygen atoms in total. The average molecular weight is 330 g/mol. The van der Waals surface area contributed by atoms with Crippen LogP contribution < -0.4 is 10.2 Å². The van der Waals surface area contributed by atoms with E-state index < -0.39 is 11.9 Å². The lowest BCUT2D eigenvalue weighted by atomic mass is 10.1. The Morgan fingerprint density at radius 1 is 0.609 bits per heavy atom. The van der Waals surface area contributed by atoms with E-state index in [2.05, 4.69) is 27.7 Å². The third kappa shape index (κ3) is 14.2. The zero-order chi connectivity index (χ0) is 18.1. The lowest BCUT2D eigenvalue weighted by molar-refractivity contribution is -0.929. The van der Waals surface area contributed by atoms with E-state index in [9.17, 15) is 0 Å². The Hall–Kier alpha value is -1.10. The number of carboxylic acid groups (broad SMARTS) is 2. The van der Waals surface area contributed by atoms with E-state index in [1.807, 2.05) is 0 Å². The van der Waals surface area contributed by atoms with Crippen LogP contribution in [0.3, 0.4) is 0 Å². The van der Waals surface area contributed by atoms with E-state index in [4.69, 9.17) is 19.8 Å². The molecule has 0 aromatic rings. The summed E-state index contributed by atoms with van der Waals surface area (Å²) in [6.45, 7) is 15.0. The van der Waals surface area contributed by atoms with Gasteiger partial charge >= 0.3 is 0 Å². The molecule has 23 heavy (non-hydrogen) atoms. The van der Waals surface area contributed by atoms with Crippen LogP contribution in [0.15, 0.2) is 0 Å². The van der Waals surface area contributed by atoms with E-state index in [1.54, 1.807) is 0 Å². The number of carboxylic acids is 2. The molecular weight excluding hydrogens is 294 g/mol. The van der Waals surface area contributed by atoms with Gasteiger partial charge in [0.25, 0.3) is 0 Å². The maximum Gasteiger partial charge on any atom is 0.0870 e. The highest BCUT2D eigenvalue weighted by atomic mass is 16.4. The van der Waals surface area contributed by atoms with E-state index in [0.29, 0.717) is 0 Å². The van der Waals surface area contributed by atoms with Crippen LogP contribution in [0.5, 0.6) is 0 Å². The SMILES string of the molecule is CCCC[N+](CCCC)(CCCC)CCCC.O=C([O-])C(=O)[O-]. The second-order valence-corrected chi connectivity index (χ2v) is 6.23. The summed E-state index contributed by atoms with van der Waals surface area (Å²) in [6, 6.07) is 0. The minimum atomic E-state index is -2.19. The van der Waals surface area contributed by atoms with Gasteiger partial charge in [-0.25, -0.2) is 0 Å². The molecule has 0 saturated carbocycles. The molecule has 0 aromatic carbocycles. The molecule has 0 aromatic heterocycles. The quantitative estimate of drug-likeness (QED) is 0.401. The highest BCUT2D eigenvalue weighted by Gasteiger charge is 2.24. The highest BCUT2D eigenvalue weighted by molar-refractivity contribution is 6.25.